The van der Waals surface area contributed by atoms with E-state index in [4.69, 9.17) is 5.73 Å². The van der Waals surface area contributed by atoms with Gasteiger partial charge in [-0.3, -0.25) is 9.59 Å². The van der Waals surface area contributed by atoms with E-state index in [1.807, 2.05) is 30.3 Å². The lowest BCUT2D eigenvalue weighted by Crippen LogP contribution is -2.51. The Hall–Kier alpha value is -1.59. The van der Waals surface area contributed by atoms with Crippen LogP contribution in [0.3, 0.4) is 0 Å². The summed E-state index contributed by atoms with van der Waals surface area (Å²) >= 11 is 0. The number of halogens is 1. The lowest BCUT2D eigenvalue weighted by atomic mass is 10.0. The molecule has 0 radical (unpaired) electrons. The van der Waals surface area contributed by atoms with Crippen LogP contribution >= 0.6 is 12.4 Å². The van der Waals surface area contributed by atoms with Crippen LogP contribution in [-0.2, 0) is 16.0 Å². The van der Waals surface area contributed by atoms with Gasteiger partial charge >= 0.3 is 0 Å². The molecule has 2 rings (SSSR count). The zero-order chi connectivity index (χ0) is 14.4. The quantitative estimate of drug-likeness (QED) is 0.767. The average Bonchev–Trinajstić information content (AvgIpc) is 2.65. The summed E-state index contributed by atoms with van der Waals surface area (Å²) in [6, 6.07) is 8.54. The van der Waals surface area contributed by atoms with Gasteiger partial charge < -0.3 is 16.4 Å². The van der Waals surface area contributed by atoms with Gasteiger partial charge in [0.2, 0.25) is 11.8 Å². The van der Waals surface area contributed by atoms with Crippen LogP contribution < -0.4 is 16.4 Å². The van der Waals surface area contributed by atoms with Crippen LogP contribution in [0.25, 0.3) is 0 Å². The number of nitrogens with one attached hydrogen (secondary N) is 2. The first kappa shape index (κ1) is 17.5. The van der Waals surface area contributed by atoms with E-state index >= 15 is 0 Å². The minimum Gasteiger partial charge on any atom is -0.354 e. The van der Waals surface area contributed by atoms with Crippen LogP contribution in [0.4, 0.5) is 0 Å². The molecule has 1 heterocycles. The Morgan fingerprint density at radius 1 is 1.33 bits per heavy atom. The molecule has 2 atom stereocenters. The van der Waals surface area contributed by atoms with E-state index in [0.29, 0.717) is 19.4 Å². The highest BCUT2D eigenvalue weighted by molar-refractivity contribution is 5.89. The molecule has 5 nitrogen and oxygen atoms in total. The first-order chi connectivity index (χ1) is 9.66. The molecule has 0 spiro atoms. The first-order valence-electron chi connectivity index (χ1n) is 7.04. The molecule has 21 heavy (non-hydrogen) atoms. The van der Waals surface area contributed by atoms with Gasteiger partial charge in [0, 0.05) is 6.54 Å². The van der Waals surface area contributed by atoms with Crippen molar-refractivity contribution in [2.45, 2.75) is 37.8 Å². The van der Waals surface area contributed by atoms with Crippen LogP contribution in [0.15, 0.2) is 30.3 Å². The van der Waals surface area contributed by atoms with Gasteiger partial charge in [0.1, 0.15) is 6.04 Å². The second-order valence-electron chi connectivity index (χ2n) is 5.14. The highest BCUT2D eigenvalue weighted by atomic mass is 35.5. The van der Waals surface area contributed by atoms with Crippen molar-refractivity contribution >= 4 is 24.2 Å². The summed E-state index contributed by atoms with van der Waals surface area (Å²) in [6.07, 6.45) is 3.03. The molecule has 1 saturated heterocycles. The van der Waals surface area contributed by atoms with Crippen molar-refractivity contribution in [2.75, 3.05) is 6.54 Å². The topological polar surface area (TPSA) is 84.2 Å². The van der Waals surface area contributed by atoms with E-state index in [2.05, 4.69) is 10.6 Å². The van der Waals surface area contributed by atoms with E-state index in [9.17, 15) is 9.59 Å². The van der Waals surface area contributed by atoms with E-state index in [1.54, 1.807) is 0 Å². The lowest BCUT2D eigenvalue weighted by molar-refractivity contribution is -0.129. The van der Waals surface area contributed by atoms with Crippen molar-refractivity contribution in [3.8, 4) is 0 Å². The highest BCUT2D eigenvalue weighted by Crippen LogP contribution is 2.07. The molecule has 4 N–H and O–H groups in total. The summed E-state index contributed by atoms with van der Waals surface area (Å²) in [5.74, 6) is -0.376. The molecule has 0 bridgehead atoms. The number of rotatable bonds is 4. The highest BCUT2D eigenvalue weighted by Gasteiger charge is 2.24. The third kappa shape index (κ3) is 5.36. The van der Waals surface area contributed by atoms with Crippen molar-refractivity contribution in [3.63, 3.8) is 0 Å². The summed E-state index contributed by atoms with van der Waals surface area (Å²) in [5, 5.41) is 5.55. The molecule has 0 aromatic heterocycles. The van der Waals surface area contributed by atoms with E-state index in [0.717, 1.165) is 18.4 Å². The fourth-order valence-corrected chi connectivity index (χ4v) is 2.32. The Morgan fingerprint density at radius 2 is 2.05 bits per heavy atom. The maximum atomic E-state index is 12.1. The third-order valence-electron chi connectivity index (χ3n) is 3.49. The van der Waals surface area contributed by atoms with Crippen LogP contribution in [0.1, 0.15) is 24.8 Å². The normalized spacial score (nSPS) is 19.7. The summed E-state index contributed by atoms with van der Waals surface area (Å²) in [6.45, 7) is 0.682. The van der Waals surface area contributed by atoms with Crippen molar-refractivity contribution in [3.05, 3.63) is 35.9 Å². The van der Waals surface area contributed by atoms with Crippen LogP contribution in [-0.4, -0.2) is 30.4 Å². The maximum absolute atomic E-state index is 12.1. The van der Waals surface area contributed by atoms with E-state index in [-0.39, 0.29) is 24.2 Å². The number of benzene rings is 1. The molecule has 0 aliphatic carbocycles. The number of carbonyl (C=O) groups excluding carboxylic acids is 2. The SMILES string of the molecule is Cl.NC(Cc1ccccc1)C(=O)NC1CCCCNC1=O. The molecule has 1 aliphatic heterocycles. The Labute approximate surface area is 131 Å². The number of nitrogens with two attached hydrogens (primary N) is 1. The summed E-state index contributed by atoms with van der Waals surface area (Å²) < 4.78 is 0. The van der Waals surface area contributed by atoms with Crippen molar-refractivity contribution in [1.82, 2.24) is 10.6 Å². The van der Waals surface area contributed by atoms with E-state index < -0.39 is 12.1 Å². The van der Waals surface area contributed by atoms with Gasteiger partial charge in [0.15, 0.2) is 0 Å². The third-order valence-corrected chi connectivity index (χ3v) is 3.49. The fraction of sp³-hybridized carbons (Fsp3) is 0.467. The second-order valence-corrected chi connectivity index (χ2v) is 5.14. The Bertz CT molecular complexity index is 467. The number of carbonyl (C=O) groups is 2. The van der Waals surface area contributed by atoms with Gasteiger partial charge in [0.05, 0.1) is 6.04 Å². The molecule has 2 unspecified atom stereocenters. The summed E-state index contributed by atoms with van der Waals surface area (Å²) in [4.78, 5) is 23.8. The molecular formula is C15H22ClN3O2. The second kappa shape index (κ2) is 8.64. The molecule has 1 aliphatic rings. The minimum atomic E-state index is -0.631. The summed E-state index contributed by atoms with van der Waals surface area (Å²) in [5.41, 5.74) is 6.92. The number of hydrogen-bond donors (Lipinski definition) is 3. The Morgan fingerprint density at radius 3 is 2.76 bits per heavy atom. The predicted molar refractivity (Wildman–Crippen MR) is 84.2 cm³/mol. The van der Waals surface area contributed by atoms with Gasteiger partial charge in [-0.05, 0) is 31.2 Å². The molecule has 1 fully saturated rings. The first-order valence-corrected chi connectivity index (χ1v) is 7.04. The van der Waals surface area contributed by atoms with Crippen LogP contribution in [0.5, 0.6) is 0 Å². The molecular weight excluding hydrogens is 290 g/mol. The zero-order valence-electron chi connectivity index (χ0n) is 11.9. The van der Waals surface area contributed by atoms with Crippen molar-refractivity contribution in [2.24, 2.45) is 5.73 Å². The van der Waals surface area contributed by atoms with Crippen LogP contribution in [0.2, 0.25) is 0 Å². The number of amides is 2. The van der Waals surface area contributed by atoms with Gasteiger partial charge in [-0.2, -0.15) is 0 Å². The smallest absolute Gasteiger partial charge is 0.242 e. The average molecular weight is 312 g/mol. The van der Waals surface area contributed by atoms with Crippen LogP contribution in [0, 0.1) is 0 Å². The molecule has 0 saturated carbocycles. The standard InChI is InChI=1S/C15H21N3O2.ClH/c16-12(10-11-6-2-1-3-7-11)14(19)18-13-8-4-5-9-17-15(13)20;/h1-3,6-7,12-13H,4-5,8-10,16H2,(H,17,20)(H,18,19);1H. The molecule has 2 amide bonds. The van der Waals surface area contributed by atoms with Crippen molar-refractivity contribution < 1.29 is 9.59 Å². The predicted octanol–water partition coefficient (Wildman–Crippen LogP) is 0.763. The molecule has 6 heteroatoms. The lowest BCUT2D eigenvalue weighted by Gasteiger charge is -2.18. The van der Waals surface area contributed by atoms with Gasteiger partial charge in [-0.25, -0.2) is 0 Å². The monoisotopic (exact) mass is 311 g/mol. The summed E-state index contributed by atoms with van der Waals surface area (Å²) in [7, 11) is 0. The fourth-order valence-electron chi connectivity index (χ4n) is 2.32. The molecule has 1 aromatic rings. The molecule has 1 aromatic carbocycles. The molecule has 116 valence electrons. The zero-order valence-corrected chi connectivity index (χ0v) is 12.7. The minimum absolute atomic E-state index is 0. The van der Waals surface area contributed by atoms with Gasteiger partial charge in [-0.1, -0.05) is 30.3 Å². The van der Waals surface area contributed by atoms with Crippen molar-refractivity contribution in [1.29, 1.82) is 0 Å². The maximum Gasteiger partial charge on any atom is 0.242 e. The van der Waals surface area contributed by atoms with Gasteiger partial charge in [0.25, 0.3) is 0 Å². The largest absolute Gasteiger partial charge is 0.354 e. The number of hydrogen-bond acceptors (Lipinski definition) is 3. The van der Waals surface area contributed by atoms with Gasteiger partial charge in [-0.15, -0.1) is 12.4 Å². The Kier molecular flexibility index (Phi) is 7.19. The Balaban J connectivity index is 0.00000220. The van der Waals surface area contributed by atoms with E-state index in [1.165, 1.54) is 0 Å².